The average molecular weight is 253 g/mol. The van der Waals surface area contributed by atoms with E-state index in [1.54, 1.807) is 26.7 Å². The molecule has 0 aliphatic heterocycles. The molecule has 0 aliphatic carbocycles. The predicted molar refractivity (Wildman–Crippen MR) is 66.0 cm³/mol. The van der Waals surface area contributed by atoms with Crippen LogP contribution < -0.4 is 9.47 Å². The molecule has 0 fully saturated rings. The van der Waals surface area contributed by atoms with Crippen LogP contribution >= 0.6 is 11.6 Å². The van der Waals surface area contributed by atoms with E-state index < -0.39 is 0 Å². The molecule has 0 bridgehead atoms. The number of rotatable bonds is 4. The molecule has 0 N–H and O–H groups in total. The van der Waals surface area contributed by atoms with Crippen LogP contribution in [0.25, 0.3) is 0 Å². The van der Waals surface area contributed by atoms with Crippen LogP contribution in [0.5, 0.6) is 11.5 Å². The zero-order valence-electron chi connectivity index (χ0n) is 9.64. The molecule has 1 atom stereocenters. The number of ether oxygens (including phenoxy) is 2. The van der Waals surface area contributed by atoms with Crippen molar-refractivity contribution in [3.05, 3.63) is 47.9 Å². The zero-order chi connectivity index (χ0) is 12.3. The molecule has 3 nitrogen and oxygen atoms in total. The van der Waals surface area contributed by atoms with E-state index in [1.807, 2.05) is 24.3 Å². The molecule has 0 amide bonds. The lowest BCUT2D eigenvalue weighted by Crippen LogP contribution is -1.97. The Morgan fingerprint density at radius 1 is 1.18 bits per heavy atom. The monoisotopic (exact) mass is 252 g/mol. The molecule has 2 aromatic rings. The number of hydrogen-bond donors (Lipinski definition) is 0. The Morgan fingerprint density at radius 3 is 2.59 bits per heavy atom. The van der Waals surface area contributed by atoms with E-state index >= 15 is 0 Å². The van der Waals surface area contributed by atoms with Gasteiger partial charge in [0, 0.05) is 11.1 Å². The molecule has 90 valence electrons. The maximum atomic E-state index is 6.39. The van der Waals surface area contributed by atoms with E-state index in [0.717, 1.165) is 22.6 Å². The van der Waals surface area contributed by atoms with Gasteiger partial charge in [-0.1, -0.05) is 0 Å². The third-order valence-electron chi connectivity index (χ3n) is 2.55. The number of halogens is 1. The number of methoxy groups -OCH3 is 2. The van der Waals surface area contributed by atoms with E-state index in [0.29, 0.717) is 0 Å². The molecular formula is C13H13ClO3. The van der Waals surface area contributed by atoms with Crippen molar-refractivity contribution in [2.75, 3.05) is 14.2 Å². The van der Waals surface area contributed by atoms with Crippen molar-refractivity contribution >= 4 is 11.6 Å². The summed E-state index contributed by atoms with van der Waals surface area (Å²) in [5.74, 6) is 1.47. The molecule has 0 saturated carbocycles. The first kappa shape index (κ1) is 11.9. The predicted octanol–water partition coefficient (Wildman–Crippen LogP) is 3.63. The summed E-state index contributed by atoms with van der Waals surface area (Å²) in [4.78, 5) is 0. The van der Waals surface area contributed by atoms with E-state index in [2.05, 4.69) is 0 Å². The van der Waals surface area contributed by atoms with Crippen LogP contribution in [-0.4, -0.2) is 14.2 Å². The molecule has 1 heterocycles. The van der Waals surface area contributed by atoms with E-state index in [9.17, 15) is 0 Å². The van der Waals surface area contributed by atoms with Crippen LogP contribution in [0.15, 0.2) is 41.2 Å². The lowest BCUT2D eigenvalue weighted by molar-refractivity contribution is 0.399. The molecule has 2 rings (SSSR count). The van der Waals surface area contributed by atoms with Gasteiger partial charge in [-0.05, 0) is 24.3 Å². The minimum absolute atomic E-state index is 0.321. The van der Waals surface area contributed by atoms with Crippen molar-refractivity contribution in [1.82, 2.24) is 0 Å². The largest absolute Gasteiger partial charge is 0.497 e. The molecule has 0 aliphatic rings. The summed E-state index contributed by atoms with van der Waals surface area (Å²) in [5.41, 5.74) is 1.74. The molecule has 1 unspecified atom stereocenters. The second-order valence-electron chi connectivity index (χ2n) is 3.53. The third kappa shape index (κ3) is 2.39. The molecule has 1 aromatic carbocycles. The van der Waals surface area contributed by atoms with Crippen LogP contribution in [0.1, 0.15) is 16.5 Å². The minimum Gasteiger partial charge on any atom is -0.497 e. The second-order valence-corrected chi connectivity index (χ2v) is 3.96. The molecule has 1 aromatic heterocycles. The normalized spacial score (nSPS) is 12.2. The van der Waals surface area contributed by atoms with Gasteiger partial charge in [0.25, 0.3) is 0 Å². The van der Waals surface area contributed by atoms with E-state index in [-0.39, 0.29) is 5.38 Å². The Labute approximate surface area is 105 Å². The standard InChI is InChI=1S/C13H13ClO3/c1-15-10-3-4-12(16-2)11(7-10)13(14)9-5-6-17-8-9/h3-8,13H,1-2H3. The van der Waals surface area contributed by atoms with Gasteiger partial charge < -0.3 is 13.9 Å². The number of alkyl halides is 1. The van der Waals surface area contributed by atoms with Crippen LogP contribution in [0.2, 0.25) is 0 Å². The van der Waals surface area contributed by atoms with Gasteiger partial charge in [-0.3, -0.25) is 0 Å². The molecule has 4 heteroatoms. The van der Waals surface area contributed by atoms with Crippen molar-refractivity contribution in [1.29, 1.82) is 0 Å². The molecule has 17 heavy (non-hydrogen) atoms. The summed E-state index contributed by atoms with van der Waals surface area (Å²) in [5, 5.41) is -0.321. The first-order valence-corrected chi connectivity index (χ1v) is 5.58. The summed E-state index contributed by atoms with van der Waals surface area (Å²) in [6.07, 6.45) is 3.22. The second kappa shape index (κ2) is 5.15. The summed E-state index contributed by atoms with van der Waals surface area (Å²) in [6.45, 7) is 0. The Kier molecular flexibility index (Phi) is 3.59. The van der Waals surface area contributed by atoms with Crippen LogP contribution in [0.3, 0.4) is 0 Å². The van der Waals surface area contributed by atoms with Crippen molar-refractivity contribution in [3.63, 3.8) is 0 Å². The first-order chi connectivity index (χ1) is 8.26. The summed E-state index contributed by atoms with van der Waals surface area (Å²) in [7, 11) is 3.23. The van der Waals surface area contributed by atoms with Gasteiger partial charge in [-0.15, -0.1) is 11.6 Å². The summed E-state index contributed by atoms with van der Waals surface area (Å²) >= 11 is 6.39. The fraction of sp³-hybridized carbons (Fsp3) is 0.231. The highest BCUT2D eigenvalue weighted by atomic mass is 35.5. The molecule has 0 radical (unpaired) electrons. The van der Waals surface area contributed by atoms with Crippen molar-refractivity contribution in [2.45, 2.75) is 5.38 Å². The fourth-order valence-corrected chi connectivity index (χ4v) is 1.93. The zero-order valence-corrected chi connectivity index (χ0v) is 10.4. The lowest BCUT2D eigenvalue weighted by atomic mass is 10.1. The number of furan rings is 1. The van der Waals surface area contributed by atoms with Gasteiger partial charge in [0.1, 0.15) is 11.5 Å². The Balaban J connectivity index is 2.41. The SMILES string of the molecule is COc1ccc(OC)c(C(Cl)c2ccoc2)c1. The van der Waals surface area contributed by atoms with Crippen molar-refractivity contribution < 1.29 is 13.9 Å². The van der Waals surface area contributed by atoms with E-state index in [4.69, 9.17) is 25.5 Å². The molecule has 0 saturated heterocycles. The highest BCUT2D eigenvalue weighted by molar-refractivity contribution is 6.22. The number of benzene rings is 1. The highest BCUT2D eigenvalue weighted by Crippen LogP contribution is 2.37. The lowest BCUT2D eigenvalue weighted by Gasteiger charge is -2.14. The van der Waals surface area contributed by atoms with Gasteiger partial charge in [-0.25, -0.2) is 0 Å². The van der Waals surface area contributed by atoms with Crippen LogP contribution in [-0.2, 0) is 0 Å². The average Bonchev–Trinajstić information content (AvgIpc) is 2.91. The highest BCUT2D eigenvalue weighted by Gasteiger charge is 2.17. The van der Waals surface area contributed by atoms with E-state index in [1.165, 1.54) is 0 Å². The van der Waals surface area contributed by atoms with Gasteiger partial charge in [0.15, 0.2) is 0 Å². The molecule has 0 spiro atoms. The Bertz CT molecular complexity index is 479. The quantitative estimate of drug-likeness (QED) is 0.779. The third-order valence-corrected chi connectivity index (χ3v) is 3.03. The van der Waals surface area contributed by atoms with Crippen molar-refractivity contribution in [3.8, 4) is 11.5 Å². The molecular weight excluding hydrogens is 240 g/mol. The van der Waals surface area contributed by atoms with Crippen molar-refractivity contribution in [2.24, 2.45) is 0 Å². The van der Waals surface area contributed by atoms with Gasteiger partial charge in [0.05, 0.1) is 32.1 Å². The summed E-state index contributed by atoms with van der Waals surface area (Å²) in [6, 6.07) is 7.37. The Hall–Kier alpha value is -1.61. The Morgan fingerprint density at radius 2 is 2.00 bits per heavy atom. The fourth-order valence-electron chi connectivity index (χ4n) is 1.64. The van der Waals surface area contributed by atoms with Gasteiger partial charge in [0.2, 0.25) is 0 Å². The maximum Gasteiger partial charge on any atom is 0.124 e. The van der Waals surface area contributed by atoms with Gasteiger partial charge >= 0.3 is 0 Å². The summed E-state index contributed by atoms with van der Waals surface area (Å²) < 4.78 is 15.5. The number of hydrogen-bond acceptors (Lipinski definition) is 3. The van der Waals surface area contributed by atoms with Gasteiger partial charge in [-0.2, -0.15) is 0 Å². The van der Waals surface area contributed by atoms with Crippen LogP contribution in [0.4, 0.5) is 0 Å². The van der Waals surface area contributed by atoms with Crippen LogP contribution in [0, 0.1) is 0 Å². The topological polar surface area (TPSA) is 31.6 Å². The first-order valence-electron chi connectivity index (χ1n) is 5.14. The minimum atomic E-state index is -0.321. The maximum absolute atomic E-state index is 6.39. The smallest absolute Gasteiger partial charge is 0.124 e.